The second kappa shape index (κ2) is 7.14. The van der Waals surface area contributed by atoms with E-state index in [0.717, 1.165) is 12.1 Å². The van der Waals surface area contributed by atoms with Gasteiger partial charge in [-0.2, -0.15) is 0 Å². The van der Waals surface area contributed by atoms with Crippen LogP contribution in [0.25, 0.3) is 5.69 Å². The Morgan fingerprint density at radius 3 is 2.15 bits per heavy atom. The zero-order chi connectivity index (χ0) is 18.7. The normalized spacial score (nSPS) is 11.8. The fourth-order valence-corrected chi connectivity index (χ4v) is 2.28. The van der Waals surface area contributed by atoms with Crippen molar-refractivity contribution in [1.82, 2.24) is 9.55 Å². The summed E-state index contributed by atoms with van der Waals surface area (Å²) in [4.78, 5) is 27.8. The fraction of sp³-hybridized carbons (Fsp3) is 0.0556. The SMILES string of the molecule is NC(=O)C(OC(=O)c1cn(-c2ccc(F)cc2)cn1)c1ccc(F)cc1. The van der Waals surface area contributed by atoms with Crippen LogP contribution in [0.3, 0.4) is 0 Å². The summed E-state index contributed by atoms with van der Waals surface area (Å²) in [7, 11) is 0. The lowest BCUT2D eigenvalue weighted by Gasteiger charge is -2.14. The van der Waals surface area contributed by atoms with Crippen LogP contribution in [0.5, 0.6) is 0 Å². The van der Waals surface area contributed by atoms with Crippen LogP contribution >= 0.6 is 0 Å². The summed E-state index contributed by atoms with van der Waals surface area (Å²) >= 11 is 0. The van der Waals surface area contributed by atoms with Gasteiger partial charge in [-0.1, -0.05) is 12.1 Å². The minimum Gasteiger partial charge on any atom is -0.443 e. The summed E-state index contributed by atoms with van der Waals surface area (Å²) in [5.41, 5.74) is 6.03. The monoisotopic (exact) mass is 357 g/mol. The van der Waals surface area contributed by atoms with E-state index in [1.165, 1.54) is 53.5 Å². The molecule has 2 aromatic carbocycles. The molecule has 1 aromatic heterocycles. The van der Waals surface area contributed by atoms with Crippen molar-refractivity contribution in [3.05, 3.63) is 83.9 Å². The largest absolute Gasteiger partial charge is 0.443 e. The molecule has 1 amide bonds. The summed E-state index contributed by atoms with van der Waals surface area (Å²) < 4.78 is 32.6. The molecule has 8 heteroatoms. The minimum atomic E-state index is -1.38. The van der Waals surface area contributed by atoms with E-state index < -0.39 is 29.6 Å². The molecule has 0 spiro atoms. The summed E-state index contributed by atoms with van der Waals surface area (Å²) in [6.45, 7) is 0. The standard InChI is InChI=1S/C18H13F2N3O3/c19-12-3-1-11(2-4-12)16(17(21)24)26-18(25)15-9-23(10-22-15)14-7-5-13(20)6-8-14/h1-10,16H,(H2,21,24). The molecular formula is C18H13F2N3O3. The van der Waals surface area contributed by atoms with Crippen molar-refractivity contribution in [2.45, 2.75) is 6.10 Å². The molecule has 1 atom stereocenters. The Morgan fingerprint density at radius 1 is 1.00 bits per heavy atom. The van der Waals surface area contributed by atoms with Gasteiger partial charge in [-0.15, -0.1) is 0 Å². The molecule has 0 saturated heterocycles. The van der Waals surface area contributed by atoms with Crippen LogP contribution in [0.2, 0.25) is 0 Å². The van der Waals surface area contributed by atoms with Gasteiger partial charge in [-0.05, 0) is 36.4 Å². The van der Waals surface area contributed by atoms with E-state index in [2.05, 4.69) is 4.98 Å². The lowest BCUT2D eigenvalue weighted by Crippen LogP contribution is -2.26. The van der Waals surface area contributed by atoms with Crippen LogP contribution in [0.15, 0.2) is 61.1 Å². The van der Waals surface area contributed by atoms with Gasteiger partial charge in [0.1, 0.15) is 18.0 Å². The number of esters is 1. The number of imidazole rings is 1. The van der Waals surface area contributed by atoms with Crippen molar-refractivity contribution in [2.75, 3.05) is 0 Å². The topological polar surface area (TPSA) is 87.2 Å². The van der Waals surface area contributed by atoms with E-state index in [4.69, 9.17) is 10.5 Å². The van der Waals surface area contributed by atoms with Gasteiger partial charge in [0.25, 0.3) is 5.91 Å². The molecule has 132 valence electrons. The number of hydrogen-bond donors (Lipinski definition) is 1. The van der Waals surface area contributed by atoms with E-state index in [1.807, 2.05) is 0 Å². The first kappa shape index (κ1) is 17.3. The lowest BCUT2D eigenvalue weighted by atomic mass is 10.1. The second-order valence-electron chi connectivity index (χ2n) is 5.38. The second-order valence-corrected chi connectivity index (χ2v) is 5.38. The van der Waals surface area contributed by atoms with Gasteiger partial charge in [-0.3, -0.25) is 4.79 Å². The average Bonchev–Trinajstić information content (AvgIpc) is 3.11. The number of nitrogens with zero attached hydrogens (tertiary/aromatic N) is 2. The maximum absolute atomic E-state index is 13.0. The van der Waals surface area contributed by atoms with Crippen LogP contribution in [0.1, 0.15) is 22.2 Å². The number of rotatable bonds is 5. The predicted molar refractivity (Wildman–Crippen MR) is 87.3 cm³/mol. The van der Waals surface area contributed by atoms with E-state index in [0.29, 0.717) is 5.69 Å². The maximum Gasteiger partial charge on any atom is 0.359 e. The fourth-order valence-electron chi connectivity index (χ4n) is 2.28. The smallest absolute Gasteiger partial charge is 0.359 e. The number of halogens is 2. The zero-order valence-electron chi connectivity index (χ0n) is 13.3. The first-order valence-electron chi connectivity index (χ1n) is 7.50. The number of benzene rings is 2. The average molecular weight is 357 g/mol. The summed E-state index contributed by atoms with van der Waals surface area (Å²) in [6, 6.07) is 10.4. The minimum absolute atomic E-state index is 0.0670. The summed E-state index contributed by atoms with van der Waals surface area (Å²) in [6.07, 6.45) is 1.35. The maximum atomic E-state index is 13.0. The molecular weight excluding hydrogens is 344 g/mol. The first-order valence-corrected chi connectivity index (χ1v) is 7.50. The van der Waals surface area contributed by atoms with Gasteiger partial charge in [0.05, 0.1) is 0 Å². The number of aromatic nitrogens is 2. The van der Waals surface area contributed by atoms with Crippen molar-refractivity contribution < 1.29 is 23.1 Å². The Hall–Kier alpha value is -3.55. The van der Waals surface area contributed by atoms with E-state index >= 15 is 0 Å². The van der Waals surface area contributed by atoms with Crippen LogP contribution in [-0.4, -0.2) is 21.4 Å². The molecule has 0 aliphatic heterocycles. The van der Waals surface area contributed by atoms with Crippen LogP contribution in [0.4, 0.5) is 8.78 Å². The van der Waals surface area contributed by atoms with Crippen molar-refractivity contribution in [2.24, 2.45) is 5.73 Å². The highest BCUT2D eigenvalue weighted by Gasteiger charge is 2.24. The first-order chi connectivity index (χ1) is 12.4. The van der Waals surface area contributed by atoms with Crippen LogP contribution < -0.4 is 5.73 Å². The van der Waals surface area contributed by atoms with Gasteiger partial charge in [0, 0.05) is 17.4 Å². The Kier molecular flexibility index (Phi) is 4.74. The van der Waals surface area contributed by atoms with Crippen LogP contribution in [0, 0.1) is 11.6 Å². The molecule has 1 heterocycles. The number of ether oxygens (including phenoxy) is 1. The van der Waals surface area contributed by atoms with Crippen LogP contribution in [-0.2, 0) is 9.53 Å². The molecule has 0 aliphatic carbocycles. The quantitative estimate of drug-likeness (QED) is 0.711. The molecule has 6 nitrogen and oxygen atoms in total. The summed E-state index contributed by atoms with van der Waals surface area (Å²) in [5, 5.41) is 0. The third kappa shape index (κ3) is 3.75. The molecule has 3 aromatic rings. The van der Waals surface area contributed by atoms with E-state index in [9.17, 15) is 18.4 Å². The van der Waals surface area contributed by atoms with Gasteiger partial charge >= 0.3 is 5.97 Å². The van der Waals surface area contributed by atoms with Gasteiger partial charge in [0.15, 0.2) is 5.69 Å². The number of hydrogen-bond acceptors (Lipinski definition) is 4. The number of carbonyl (C=O) groups excluding carboxylic acids is 2. The number of nitrogens with two attached hydrogens (primary N) is 1. The highest BCUT2D eigenvalue weighted by atomic mass is 19.1. The predicted octanol–water partition coefficient (Wildman–Crippen LogP) is 2.53. The third-order valence-electron chi connectivity index (χ3n) is 3.57. The van der Waals surface area contributed by atoms with E-state index in [-0.39, 0.29) is 11.3 Å². The van der Waals surface area contributed by atoms with Crippen molar-refractivity contribution >= 4 is 11.9 Å². The lowest BCUT2D eigenvalue weighted by molar-refractivity contribution is -0.127. The van der Waals surface area contributed by atoms with Gasteiger partial charge in [-0.25, -0.2) is 18.6 Å². The number of carbonyl (C=O) groups is 2. The van der Waals surface area contributed by atoms with Crippen molar-refractivity contribution in [3.8, 4) is 5.69 Å². The van der Waals surface area contributed by atoms with E-state index in [1.54, 1.807) is 0 Å². The Labute approximate surface area is 146 Å². The Bertz CT molecular complexity index is 937. The van der Waals surface area contributed by atoms with Crippen molar-refractivity contribution in [3.63, 3.8) is 0 Å². The molecule has 1 unspecified atom stereocenters. The highest BCUT2D eigenvalue weighted by Crippen LogP contribution is 2.20. The number of primary amides is 1. The zero-order valence-corrected chi connectivity index (χ0v) is 13.3. The Balaban J connectivity index is 1.79. The molecule has 2 N–H and O–H groups in total. The number of amides is 1. The highest BCUT2D eigenvalue weighted by molar-refractivity contribution is 5.90. The van der Waals surface area contributed by atoms with Gasteiger partial charge < -0.3 is 15.0 Å². The van der Waals surface area contributed by atoms with Crippen molar-refractivity contribution in [1.29, 1.82) is 0 Å². The molecule has 0 aliphatic rings. The molecule has 0 radical (unpaired) electrons. The molecule has 0 saturated carbocycles. The third-order valence-corrected chi connectivity index (χ3v) is 3.57. The molecule has 26 heavy (non-hydrogen) atoms. The Morgan fingerprint density at radius 2 is 1.58 bits per heavy atom. The molecule has 3 rings (SSSR count). The molecule has 0 bridgehead atoms. The molecule has 0 fully saturated rings. The summed E-state index contributed by atoms with van der Waals surface area (Å²) in [5.74, 6) is -2.67. The van der Waals surface area contributed by atoms with Gasteiger partial charge in [0.2, 0.25) is 6.10 Å².